The third-order valence-electron chi connectivity index (χ3n) is 6.51. The summed E-state index contributed by atoms with van der Waals surface area (Å²) < 4.78 is 17.4. The Kier molecular flexibility index (Phi) is 7.13. The number of rotatable bonds is 7. The maximum absolute atomic E-state index is 6.15. The number of nitrogens with one attached hydrogen (secondary N) is 1. The molecule has 0 spiro atoms. The molecule has 1 N–H and O–H groups in total. The number of hydrogen-bond donors (Lipinski definition) is 1. The van der Waals surface area contributed by atoms with Crippen LogP contribution in [-0.4, -0.2) is 40.0 Å². The summed E-state index contributed by atoms with van der Waals surface area (Å²) in [5.74, 6) is 1.57. The van der Waals surface area contributed by atoms with Crippen LogP contribution >= 0.6 is 0 Å². The van der Waals surface area contributed by atoms with Crippen molar-refractivity contribution < 1.29 is 14.2 Å². The first kappa shape index (κ1) is 22.5. The summed E-state index contributed by atoms with van der Waals surface area (Å²) in [6.07, 6.45) is 5.47. The third-order valence-corrected chi connectivity index (χ3v) is 6.51. The van der Waals surface area contributed by atoms with E-state index in [4.69, 9.17) is 14.2 Å². The summed E-state index contributed by atoms with van der Waals surface area (Å²) >= 11 is 0. The minimum Gasteiger partial charge on any atom is -0.493 e. The molecule has 34 heavy (non-hydrogen) atoms. The van der Waals surface area contributed by atoms with Crippen molar-refractivity contribution in [2.45, 2.75) is 19.1 Å². The second-order valence-electron chi connectivity index (χ2n) is 8.68. The lowest BCUT2D eigenvalue weighted by molar-refractivity contribution is 0.122. The van der Waals surface area contributed by atoms with Gasteiger partial charge < -0.3 is 24.4 Å². The molecule has 5 nitrogen and oxygen atoms in total. The Bertz CT molecular complexity index is 1120. The van der Waals surface area contributed by atoms with Crippen LogP contribution in [0.5, 0.6) is 11.5 Å². The standard InChI is InChI=1S/C29H32N2O3/c1-32-28-20-25-24(19-29(28)34-21-22-7-3-2-4-8-22)13-14-30-26(25)12-11-23-9-5-6-10-27(23)31-15-17-33-18-16-31/h2-12,19-20,26,30H,13-18,21H2,1H3/b12-11+. The lowest BCUT2D eigenvalue weighted by Crippen LogP contribution is -2.36. The number of nitrogens with zero attached hydrogens (tertiary/aromatic N) is 1. The average molecular weight is 457 g/mol. The normalized spacial score (nSPS) is 18.0. The van der Waals surface area contributed by atoms with Crippen molar-refractivity contribution in [2.24, 2.45) is 0 Å². The molecule has 2 heterocycles. The average Bonchev–Trinajstić information content (AvgIpc) is 2.91. The van der Waals surface area contributed by atoms with Crippen LogP contribution in [0.3, 0.4) is 0 Å². The van der Waals surface area contributed by atoms with Gasteiger partial charge in [-0.25, -0.2) is 0 Å². The van der Waals surface area contributed by atoms with Crippen molar-refractivity contribution in [2.75, 3.05) is 44.9 Å². The number of morpholine rings is 1. The zero-order valence-corrected chi connectivity index (χ0v) is 19.7. The van der Waals surface area contributed by atoms with E-state index in [1.807, 2.05) is 18.2 Å². The molecule has 0 amide bonds. The Hall–Kier alpha value is -3.28. The van der Waals surface area contributed by atoms with E-state index in [9.17, 15) is 0 Å². The summed E-state index contributed by atoms with van der Waals surface area (Å²) in [4.78, 5) is 2.41. The molecule has 5 heteroatoms. The van der Waals surface area contributed by atoms with Crippen LogP contribution < -0.4 is 19.7 Å². The van der Waals surface area contributed by atoms with Crippen LogP contribution in [0, 0.1) is 0 Å². The van der Waals surface area contributed by atoms with Crippen molar-refractivity contribution in [3.8, 4) is 11.5 Å². The van der Waals surface area contributed by atoms with Crippen LogP contribution in [0.2, 0.25) is 0 Å². The molecule has 3 aromatic carbocycles. The molecular formula is C29H32N2O3. The van der Waals surface area contributed by atoms with Gasteiger partial charge in [-0.15, -0.1) is 0 Å². The number of benzene rings is 3. The SMILES string of the molecule is COc1cc2c(cc1OCc1ccccc1)CCNC2/C=C/c1ccccc1N1CCOCC1. The van der Waals surface area contributed by atoms with E-state index in [0.29, 0.717) is 6.61 Å². The van der Waals surface area contributed by atoms with E-state index in [0.717, 1.165) is 56.3 Å². The molecule has 0 aliphatic carbocycles. The van der Waals surface area contributed by atoms with Gasteiger partial charge in [0.2, 0.25) is 0 Å². The Balaban J connectivity index is 1.37. The van der Waals surface area contributed by atoms with Crippen LogP contribution in [0.15, 0.2) is 72.8 Å². The van der Waals surface area contributed by atoms with Crippen molar-refractivity contribution in [1.29, 1.82) is 0 Å². The van der Waals surface area contributed by atoms with Crippen LogP contribution in [0.1, 0.15) is 28.3 Å². The van der Waals surface area contributed by atoms with Crippen molar-refractivity contribution >= 4 is 11.8 Å². The Morgan fingerprint density at radius 2 is 1.79 bits per heavy atom. The smallest absolute Gasteiger partial charge is 0.161 e. The molecule has 0 bridgehead atoms. The van der Waals surface area contributed by atoms with Gasteiger partial charge in [0.15, 0.2) is 11.5 Å². The highest BCUT2D eigenvalue weighted by Gasteiger charge is 2.21. The molecule has 1 atom stereocenters. The fraction of sp³-hybridized carbons (Fsp3) is 0.310. The van der Waals surface area contributed by atoms with Crippen LogP contribution in [-0.2, 0) is 17.8 Å². The summed E-state index contributed by atoms with van der Waals surface area (Å²) in [7, 11) is 1.71. The van der Waals surface area contributed by atoms with Gasteiger partial charge in [-0.1, -0.05) is 60.7 Å². The summed E-state index contributed by atoms with van der Waals surface area (Å²) in [5, 5.41) is 3.66. The Morgan fingerprint density at radius 1 is 1.00 bits per heavy atom. The molecular weight excluding hydrogens is 424 g/mol. The lowest BCUT2D eigenvalue weighted by atomic mass is 9.93. The Labute approximate surface area is 202 Å². The van der Waals surface area contributed by atoms with Gasteiger partial charge in [0, 0.05) is 25.3 Å². The number of para-hydroxylation sites is 1. The van der Waals surface area contributed by atoms with Crippen LogP contribution in [0.4, 0.5) is 5.69 Å². The zero-order chi connectivity index (χ0) is 23.2. The largest absolute Gasteiger partial charge is 0.493 e. The fourth-order valence-electron chi connectivity index (χ4n) is 4.70. The second-order valence-corrected chi connectivity index (χ2v) is 8.68. The molecule has 1 saturated heterocycles. The molecule has 0 saturated carbocycles. The van der Waals surface area contributed by atoms with Crippen molar-refractivity contribution in [1.82, 2.24) is 5.32 Å². The molecule has 176 valence electrons. The number of anilines is 1. The number of ether oxygens (including phenoxy) is 3. The number of methoxy groups -OCH3 is 1. The topological polar surface area (TPSA) is 43.0 Å². The summed E-state index contributed by atoms with van der Waals surface area (Å²) in [6.45, 7) is 4.87. The summed E-state index contributed by atoms with van der Waals surface area (Å²) in [5.41, 5.74) is 6.19. The highest BCUT2D eigenvalue weighted by molar-refractivity contribution is 5.68. The van der Waals surface area contributed by atoms with Gasteiger partial charge in [0.25, 0.3) is 0 Å². The maximum atomic E-state index is 6.15. The van der Waals surface area contributed by atoms with Gasteiger partial charge >= 0.3 is 0 Å². The number of fused-ring (bicyclic) bond motifs is 1. The van der Waals surface area contributed by atoms with E-state index in [-0.39, 0.29) is 6.04 Å². The predicted octanol–water partition coefficient (Wildman–Crippen LogP) is 5.01. The van der Waals surface area contributed by atoms with Gasteiger partial charge in [-0.05, 0) is 46.9 Å². The van der Waals surface area contributed by atoms with Gasteiger partial charge in [-0.2, -0.15) is 0 Å². The molecule has 0 radical (unpaired) electrons. The first-order valence-electron chi connectivity index (χ1n) is 12.0. The zero-order valence-electron chi connectivity index (χ0n) is 19.7. The third kappa shape index (κ3) is 5.11. The van der Waals surface area contributed by atoms with E-state index < -0.39 is 0 Å². The minimum absolute atomic E-state index is 0.124. The molecule has 2 aliphatic heterocycles. The minimum atomic E-state index is 0.124. The second kappa shape index (κ2) is 10.8. The fourth-order valence-corrected chi connectivity index (χ4v) is 4.70. The lowest BCUT2D eigenvalue weighted by Gasteiger charge is -2.30. The first-order valence-corrected chi connectivity index (χ1v) is 12.0. The van der Waals surface area contributed by atoms with Gasteiger partial charge in [-0.3, -0.25) is 0 Å². The van der Waals surface area contributed by atoms with E-state index in [1.165, 1.54) is 22.4 Å². The summed E-state index contributed by atoms with van der Waals surface area (Å²) in [6, 6.07) is 23.2. The van der Waals surface area contributed by atoms with E-state index in [2.05, 4.69) is 70.9 Å². The maximum Gasteiger partial charge on any atom is 0.161 e. The van der Waals surface area contributed by atoms with Gasteiger partial charge in [0.1, 0.15) is 6.61 Å². The molecule has 3 aromatic rings. The number of hydrogen-bond acceptors (Lipinski definition) is 5. The Morgan fingerprint density at radius 3 is 2.62 bits per heavy atom. The van der Waals surface area contributed by atoms with E-state index in [1.54, 1.807) is 7.11 Å². The van der Waals surface area contributed by atoms with Crippen molar-refractivity contribution in [3.63, 3.8) is 0 Å². The molecule has 2 aliphatic rings. The van der Waals surface area contributed by atoms with Crippen LogP contribution in [0.25, 0.3) is 6.08 Å². The molecule has 1 unspecified atom stereocenters. The monoisotopic (exact) mass is 456 g/mol. The van der Waals surface area contributed by atoms with Gasteiger partial charge in [0.05, 0.1) is 26.4 Å². The predicted molar refractivity (Wildman–Crippen MR) is 137 cm³/mol. The highest BCUT2D eigenvalue weighted by Crippen LogP contribution is 2.36. The molecule has 5 rings (SSSR count). The van der Waals surface area contributed by atoms with E-state index >= 15 is 0 Å². The molecule has 1 fully saturated rings. The molecule has 0 aromatic heterocycles. The van der Waals surface area contributed by atoms with Crippen molar-refractivity contribution in [3.05, 3.63) is 95.1 Å². The quantitative estimate of drug-likeness (QED) is 0.541. The first-order chi connectivity index (χ1) is 16.8. The highest BCUT2D eigenvalue weighted by atomic mass is 16.5.